The molecule has 0 amide bonds. The number of allylic oxidation sites excluding steroid dienone is 1. The van der Waals surface area contributed by atoms with Crippen molar-refractivity contribution in [3.05, 3.63) is 53.9 Å². The van der Waals surface area contributed by atoms with Crippen molar-refractivity contribution in [1.82, 2.24) is 15.0 Å². The summed E-state index contributed by atoms with van der Waals surface area (Å²) in [6.45, 7) is 2.92. The summed E-state index contributed by atoms with van der Waals surface area (Å²) in [6.07, 6.45) is 8.32. The Bertz CT molecular complexity index is 471. The molecule has 2 aromatic rings. The molecule has 17 heavy (non-hydrogen) atoms. The van der Waals surface area contributed by atoms with Crippen molar-refractivity contribution in [1.29, 1.82) is 0 Å². The molecular formula is C14H17N3. The molecule has 3 heteroatoms. The second kappa shape index (κ2) is 5.99. The lowest BCUT2D eigenvalue weighted by Gasteiger charge is -1.93. The van der Waals surface area contributed by atoms with E-state index in [4.69, 9.17) is 0 Å². The molecular weight excluding hydrogens is 210 g/mol. The van der Waals surface area contributed by atoms with Gasteiger partial charge in [0.25, 0.3) is 0 Å². The predicted octanol–water partition coefficient (Wildman–Crippen LogP) is 2.94. The van der Waals surface area contributed by atoms with E-state index in [9.17, 15) is 0 Å². The van der Waals surface area contributed by atoms with E-state index < -0.39 is 0 Å². The van der Waals surface area contributed by atoms with Crippen molar-refractivity contribution in [2.75, 3.05) is 0 Å². The van der Waals surface area contributed by atoms with Crippen molar-refractivity contribution in [2.45, 2.75) is 26.3 Å². The summed E-state index contributed by atoms with van der Waals surface area (Å²) in [7, 11) is 0. The molecule has 1 aromatic heterocycles. The number of aryl methyl sites for hydroxylation is 1. The number of benzene rings is 1. The van der Waals surface area contributed by atoms with Crippen LogP contribution in [0, 0.1) is 0 Å². The Labute approximate surface area is 102 Å². The van der Waals surface area contributed by atoms with Crippen LogP contribution in [0.2, 0.25) is 0 Å². The summed E-state index contributed by atoms with van der Waals surface area (Å²) in [6, 6.07) is 10.3. The fraction of sp³-hybridized carbons (Fsp3) is 0.286. The molecule has 88 valence electrons. The first kappa shape index (κ1) is 11.6. The lowest BCUT2D eigenvalue weighted by atomic mass is 10.2. The Hall–Kier alpha value is -1.90. The van der Waals surface area contributed by atoms with Crippen molar-refractivity contribution >= 4 is 6.08 Å². The minimum atomic E-state index is 0.769. The van der Waals surface area contributed by atoms with Crippen molar-refractivity contribution in [3.8, 4) is 0 Å². The van der Waals surface area contributed by atoms with Gasteiger partial charge in [-0.25, -0.2) is 4.68 Å². The molecule has 0 radical (unpaired) electrons. The van der Waals surface area contributed by atoms with E-state index in [2.05, 4.69) is 41.5 Å². The molecule has 0 atom stereocenters. The molecule has 0 N–H and O–H groups in total. The maximum atomic E-state index is 4.11. The van der Waals surface area contributed by atoms with Crippen LogP contribution in [0.1, 0.15) is 24.6 Å². The number of hydrogen-bond donors (Lipinski definition) is 0. The summed E-state index contributed by atoms with van der Waals surface area (Å²) >= 11 is 0. The van der Waals surface area contributed by atoms with Gasteiger partial charge in [0, 0.05) is 6.20 Å². The maximum Gasteiger partial charge on any atom is 0.0827 e. The molecule has 0 saturated heterocycles. The molecule has 0 spiro atoms. The average molecular weight is 227 g/mol. The Balaban J connectivity index is 1.91. The minimum absolute atomic E-state index is 0.769. The highest BCUT2D eigenvalue weighted by atomic mass is 15.4. The van der Waals surface area contributed by atoms with E-state index >= 15 is 0 Å². The zero-order valence-electron chi connectivity index (χ0n) is 10.1. The molecule has 1 heterocycles. The zero-order valence-corrected chi connectivity index (χ0v) is 10.1. The number of hydrogen-bond acceptors (Lipinski definition) is 2. The number of aromatic nitrogens is 3. The summed E-state index contributed by atoms with van der Waals surface area (Å²) in [4.78, 5) is 0. The third-order valence-corrected chi connectivity index (χ3v) is 2.49. The predicted molar refractivity (Wildman–Crippen MR) is 69.5 cm³/mol. The van der Waals surface area contributed by atoms with E-state index in [0.717, 1.165) is 25.1 Å². The van der Waals surface area contributed by atoms with E-state index in [-0.39, 0.29) is 0 Å². The average Bonchev–Trinajstić information content (AvgIpc) is 2.79. The summed E-state index contributed by atoms with van der Waals surface area (Å²) in [5.41, 5.74) is 2.28. The number of nitrogens with zero attached hydrogens (tertiary/aromatic N) is 3. The normalized spacial score (nSPS) is 11.1. The number of rotatable bonds is 5. The highest BCUT2D eigenvalue weighted by Gasteiger charge is 1.96. The first-order chi connectivity index (χ1) is 8.38. The SMILES string of the molecule is CCCc1cn(C/C=C/c2ccccc2)nn1. The monoisotopic (exact) mass is 227 g/mol. The van der Waals surface area contributed by atoms with Crippen LogP contribution in [-0.4, -0.2) is 15.0 Å². The molecule has 0 aliphatic rings. The largest absolute Gasteiger partial charge is 0.248 e. The quantitative estimate of drug-likeness (QED) is 0.786. The smallest absolute Gasteiger partial charge is 0.0827 e. The molecule has 3 nitrogen and oxygen atoms in total. The topological polar surface area (TPSA) is 30.7 Å². The lowest BCUT2D eigenvalue weighted by Crippen LogP contribution is -1.95. The fourth-order valence-electron chi connectivity index (χ4n) is 1.66. The summed E-state index contributed by atoms with van der Waals surface area (Å²) in [5.74, 6) is 0. The Morgan fingerprint density at radius 1 is 1.24 bits per heavy atom. The first-order valence-corrected chi connectivity index (χ1v) is 5.99. The fourth-order valence-corrected chi connectivity index (χ4v) is 1.66. The van der Waals surface area contributed by atoms with Gasteiger partial charge in [-0.15, -0.1) is 5.10 Å². The maximum absolute atomic E-state index is 4.11. The van der Waals surface area contributed by atoms with Crippen LogP contribution in [0.4, 0.5) is 0 Å². The van der Waals surface area contributed by atoms with Gasteiger partial charge < -0.3 is 0 Å². The van der Waals surface area contributed by atoms with Gasteiger partial charge in [0.1, 0.15) is 0 Å². The third kappa shape index (κ3) is 3.55. The van der Waals surface area contributed by atoms with E-state index in [1.54, 1.807) is 0 Å². The molecule has 0 unspecified atom stereocenters. The molecule has 0 aliphatic carbocycles. The van der Waals surface area contributed by atoms with Crippen LogP contribution >= 0.6 is 0 Å². The van der Waals surface area contributed by atoms with Crippen molar-refractivity contribution < 1.29 is 0 Å². The highest BCUT2D eigenvalue weighted by Crippen LogP contribution is 2.02. The first-order valence-electron chi connectivity index (χ1n) is 5.99. The van der Waals surface area contributed by atoms with Gasteiger partial charge in [-0.05, 0) is 12.0 Å². The van der Waals surface area contributed by atoms with Crippen LogP contribution in [0.5, 0.6) is 0 Å². The van der Waals surface area contributed by atoms with E-state index in [1.807, 2.05) is 29.1 Å². The highest BCUT2D eigenvalue weighted by molar-refractivity contribution is 5.48. The Morgan fingerprint density at radius 2 is 2.06 bits per heavy atom. The van der Waals surface area contributed by atoms with Gasteiger partial charge in [0.15, 0.2) is 0 Å². The van der Waals surface area contributed by atoms with Gasteiger partial charge in [0.2, 0.25) is 0 Å². The van der Waals surface area contributed by atoms with Gasteiger partial charge in [-0.3, -0.25) is 0 Å². The van der Waals surface area contributed by atoms with Crippen LogP contribution in [0.25, 0.3) is 6.08 Å². The van der Waals surface area contributed by atoms with Crippen LogP contribution in [0.15, 0.2) is 42.6 Å². The summed E-state index contributed by atoms with van der Waals surface area (Å²) < 4.78 is 1.87. The minimum Gasteiger partial charge on any atom is -0.248 e. The molecule has 0 saturated carbocycles. The van der Waals surface area contributed by atoms with Gasteiger partial charge in [0.05, 0.1) is 12.2 Å². The van der Waals surface area contributed by atoms with Crippen molar-refractivity contribution in [3.63, 3.8) is 0 Å². The van der Waals surface area contributed by atoms with Crippen LogP contribution in [0.3, 0.4) is 0 Å². The second-order valence-electron chi connectivity index (χ2n) is 3.99. The van der Waals surface area contributed by atoms with E-state index in [1.165, 1.54) is 5.56 Å². The van der Waals surface area contributed by atoms with Gasteiger partial charge >= 0.3 is 0 Å². The Kier molecular flexibility index (Phi) is 4.08. The molecule has 2 rings (SSSR count). The second-order valence-corrected chi connectivity index (χ2v) is 3.99. The molecule has 0 aliphatic heterocycles. The standard InChI is InChI=1S/C14H17N3/c1-2-7-14-12-17(16-15-14)11-6-10-13-8-4-3-5-9-13/h3-6,8-10,12H,2,7,11H2,1H3/b10-6+. The summed E-state index contributed by atoms with van der Waals surface area (Å²) in [5, 5.41) is 8.19. The molecule has 0 fully saturated rings. The lowest BCUT2D eigenvalue weighted by molar-refractivity contribution is 0.662. The molecule has 1 aromatic carbocycles. The third-order valence-electron chi connectivity index (χ3n) is 2.49. The van der Waals surface area contributed by atoms with E-state index in [0.29, 0.717) is 0 Å². The Morgan fingerprint density at radius 3 is 2.82 bits per heavy atom. The van der Waals surface area contributed by atoms with Gasteiger partial charge in [-0.2, -0.15) is 0 Å². The van der Waals surface area contributed by atoms with Crippen LogP contribution in [-0.2, 0) is 13.0 Å². The van der Waals surface area contributed by atoms with Crippen molar-refractivity contribution in [2.24, 2.45) is 0 Å². The van der Waals surface area contributed by atoms with Gasteiger partial charge in [-0.1, -0.05) is 61.0 Å². The van der Waals surface area contributed by atoms with Crippen LogP contribution < -0.4 is 0 Å². The molecule has 0 bridgehead atoms. The zero-order chi connectivity index (χ0) is 11.9.